The number of carbonyl (C=O) groups excluding carboxylic acids is 3. The van der Waals surface area contributed by atoms with Gasteiger partial charge < -0.3 is 9.47 Å². The molecule has 2 aliphatic rings. The fourth-order valence-electron chi connectivity index (χ4n) is 2.94. The molecule has 0 aromatic rings. The van der Waals surface area contributed by atoms with E-state index in [0.717, 1.165) is 6.42 Å². The summed E-state index contributed by atoms with van der Waals surface area (Å²) in [6.07, 6.45) is 3.30. The van der Waals surface area contributed by atoms with Crippen molar-refractivity contribution in [3.63, 3.8) is 0 Å². The van der Waals surface area contributed by atoms with E-state index in [-0.39, 0.29) is 42.6 Å². The van der Waals surface area contributed by atoms with E-state index in [4.69, 9.17) is 9.47 Å². The molecule has 3 atom stereocenters. The molecule has 0 N–H and O–H groups in total. The molecular weight excluding hydrogens is 260 g/mol. The first-order chi connectivity index (χ1) is 9.44. The highest BCUT2D eigenvalue weighted by Crippen LogP contribution is 2.42. The minimum atomic E-state index is -0.729. The van der Waals surface area contributed by atoms with Gasteiger partial charge in [0, 0.05) is 19.3 Å². The van der Waals surface area contributed by atoms with Crippen LogP contribution in [0.4, 0.5) is 0 Å². The van der Waals surface area contributed by atoms with Crippen molar-refractivity contribution in [2.24, 2.45) is 5.92 Å². The molecule has 112 valence electrons. The number of rotatable bonds is 6. The maximum absolute atomic E-state index is 11.9. The van der Waals surface area contributed by atoms with E-state index in [1.807, 2.05) is 13.8 Å². The third kappa shape index (κ3) is 3.19. The predicted octanol–water partition coefficient (Wildman–Crippen LogP) is 2.16. The molecule has 2 rings (SSSR count). The van der Waals surface area contributed by atoms with Crippen molar-refractivity contribution in [1.82, 2.24) is 0 Å². The molecule has 1 saturated carbocycles. The van der Waals surface area contributed by atoms with Crippen LogP contribution in [0, 0.1) is 5.92 Å². The molecule has 5 nitrogen and oxygen atoms in total. The van der Waals surface area contributed by atoms with E-state index in [1.54, 1.807) is 0 Å². The Bertz CT molecular complexity index is 416. The van der Waals surface area contributed by atoms with Gasteiger partial charge in [0.05, 0.1) is 12.3 Å². The zero-order valence-corrected chi connectivity index (χ0v) is 12.1. The third-order valence-corrected chi connectivity index (χ3v) is 4.24. The Morgan fingerprint density at radius 3 is 2.80 bits per heavy atom. The molecule has 20 heavy (non-hydrogen) atoms. The minimum Gasteiger partial charge on any atom is -0.458 e. The van der Waals surface area contributed by atoms with E-state index < -0.39 is 5.60 Å². The Morgan fingerprint density at radius 2 is 2.10 bits per heavy atom. The van der Waals surface area contributed by atoms with Crippen LogP contribution < -0.4 is 0 Å². The van der Waals surface area contributed by atoms with Crippen molar-refractivity contribution in [2.75, 3.05) is 0 Å². The third-order valence-electron chi connectivity index (χ3n) is 4.24. The number of ether oxygens (including phenoxy) is 2. The summed E-state index contributed by atoms with van der Waals surface area (Å²) in [5.74, 6) is -0.491. The zero-order valence-electron chi connectivity index (χ0n) is 12.1. The SMILES string of the molecule is CCCC(=O)CCC(=O)OC1(C)CCC2CC1OC2=O. The van der Waals surface area contributed by atoms with Crippen LogP contribution in [0.1, 0.15) is 58.8 Å². The molecule has 0 aromatic carbocycles. The molecule has 0 spiro atoms. The van der Waals surface area contributed by atoms with Crippen LogP contribution in [-0.2, 0) is 23.9 Å². The number of fused-ring (bicyclic) bond motifs is 2. The van der Waals surface area contributed by atoms with Crippen molar-refractivity contribution in [3.05, 3.63) is 0 Å². The second-order valence-electron chi connectivity index (χ2n) is 5.97. The first-order valence-corrected chi connectivity index (χ1v) is 7.38. The lowest BCUT2D eigenvalue weighted by atomic mass is 9.80. The molecule has 1 aliphatic heterocycles. The highest BCUT2D eigenvalue weighted by molar-refractivity contribution is 5.83. The van der Waals surface area contributed by atoms with E-state index in [2.05, 4.69) is 0 Å². The van der Waals surface area contributed by atoms with Gasteiger partial charge in [-0.15, -0.1) is 0 Å². The molecule has 1 heterocycles. The maximum Gasteiger partial charge on any atom is 0.309 e. The highest BCUT2D eigenvalue weighted by Gasteiger charge is 2.52. The van der Waals surface area contributed by atoms with Crippen molar-refractivity contribution in [3.8, 4) is 0 Å². The van der Waals surface area contributed by atoms with Crippen LogP contribution in [0.2, 0.25) is 0 Å². The van der Waals surface area contributed by atoms with Crippen molar-refractivity contribution in [1.29, 1.82) is 0 Å². The van der Waals surface area contributed by atoms with Crippen LogP contribution in [-0.4, -0.2) is 29.4 Å². The van der Waals surface area contributed by atoms with Crippen LogP contribution in [0.25, 0.3) is 0 Å². The minimum absolute atomic E-state index is 0.0297. The van der Waals surface area contributed by atoms with E-state index in [0.29, 0.717) is 25.7 Å². The standard InChI is InChI=1S/C15H22O5/c1-3-4-11(16)5-6-13(17)20-15(2)8-7-10-9-12(15)19-14(10)18/h10,12H,3-9H2,1-2H3. The van der Waals surface area contributed by atoms with E-state index >= 15 is 0 Å². The van der Waals surface area contributed by atoms with Gasteiger partial charge in [-0.2, -0.15) is 0 Å². The number of Topliss-reactive ketones (excluding diaryl/α,β-unsaturated/α-hetero) is 1. The Labute approximate surface area is 119 Å². The molecule has 5 heteroatoms. The van der Waals surface area contributed by atoms with Gasteiger partial charge in [0.2, 0.25) is 0 Å². The van der Waals surface area contributed by atoms with E-state index in [1.165, 1.54) is 0 Å². The van der Waals surface area contributed by atoms with Gasteiger partial charge >= 0.3 is 11.9 Å². The van der Waals surface area contributed by atoms with E-state index in [9.17, 15) is 14.4 Å². The number of hydrogen-bond acceptors (Lipinski definition) is 5. The second-order valence-corrected chi connectivity index (χ2v) is 5.97. The Morgan fingerprint density at radius 1 is 1.35 bits per heavy atom. The smallest absolute Gasteiger partial charge is 0.309 e. The number of hydrogen-bond donors (Lipinski definition) is 0. The Kier molecular flexibility index (Phi) is 4.45. The normalized spacial score (nSPS) is 31.8. The fraction of sp³-hybridized carbons (Fsp3) is 0.800. The number of esters is 2. The van der Waals surface area contributed by atoms with Gasteiger partial charge in [0.1, 0.15) is 17.5 Å². The van der Waals surface area contributed by atoms with Crippen LogP contribution in [0.3, 0.4) is 0 Å². The fourth-order valence-corrected chi connectivity index (χ4v) is 2.94. The second kappa shape index (κ2) is 5.94. The summed E-state index contributed by atoms with van der Waals surface area (Å²) < 4.78 is 10.8. The van der Waals surface area contributed by atoms with Crippen molar-refractivity contribution in [2.45, 2.75) is 70.5 Å². The lowest BCUT2D eigenvalue weighted by Gasteiger charge is -2.36. The summed E-state index contributed by atoms with van der Waals surface area (Å²) in [6, 6.07) is 0. The predicted molar refractivity (Wildman–Crippen MR) is 70.9 cm³/mol. The van der Waals surface area contributed by atoms with Gasteiger partial charge in [-0.05, 0) is 26.2 Å². The Balaban J connectivity index is 1.84. The molecular formula is C15H22O5. The average Bonchev–Trinajstić information content (AvgIpc) is 2.72. The van der Waals surface area contributed by atoms with Gasteiger partial charge in [0.25, 0.3) is 0 Å². The molecule has 0 aromatic heterocycles. The molecule has 0 radical (unpaired) electrons. The summed E-state index contributed by atoms with van der Waals surface area (Å²) in [6.45, 7) is 3.75. The largest absolute Gasteiger partial charge is 0.458 e. The molecule has 2 fully saturated rings. The summed E-state index contributed by atoms with van der Waals surface area (Å²) >= 11 is 0. The lowest BCUT2D eigenvalue weighted by molar-refractivity contribution is -0.177. The molecule has 1 saturated heterocycles. The van der Waals surface area contributed by atoms with Crippen LogP contribution in [0.15, 0.2) is 0 Å². The van der Waals surface area contributed by atoms with Crippen LogP contribution in [0.5, 0.6) is 0 Å². The van der Waals surface area contributed by atoms with Gasteiger partial charge in [-0.3, -0.25) is 14.4 Å². The lowest BCUT2D eigenvalue weighted by Crippen LogP contribution is -2.45. The number of ketones is 1. The molecule has 1 aliphatic carbocycles. The van der Waals surface area contributed by atoms with Gasteiger partial charge in [0.15, 0.2) is 0 Å². The number of carbonyl (C=O) groups is 3. The summed E-state index contributed by atoms with van der Waals surface area (Å²) in [4.78, 5) is 34.8. The highest BCUT2D eigenvalue weighted by atomic mass is 16.6. The molecule has 3 unspecified atom stereocenters. The maximum atomic E-state index is 11.9. The Hall–Kier alpha value is -1.39. The monoisotopic (exact) mass is 282 g/mol. The van der Waals surface area contributed by atoms with Crippen molar-refractivity contribution >= 4 is 17.7 Å². The topological polar surface area (TPSA) is 69.7 Å². The summed E-state index contributed by atoms with van der Waals surface area (Å²) in [5.41, 5.74) is -0.729. The summed E-state index contributed by atoms with van der Waals surface area (Å²) in [5, 5.41) is 0. The zero-order chi connectivity index (χ0) is 14.8. The molecule has 2 bridgehead atoms. The van der Waals surface area contributed by atoms with Gasteiger partial charge in [-0.1, -0.05) is 6.92 Å². The first-order valence-electron chi connectivity index (χ1n) is 7.38. The van der Waals surface area contributed by atoms with Crippen molar-refractivity contribution < 1.29 is 23.9 Å². The quantitative estimate of drug-likeness (QED) is 0.698. The average molecular weight is 282 g/mol. The summed E-state index contributed by atoms with van der Waals surface area (Å²) in [7, 11) is 0. The van der Waals surface area contributed by atoms with Gasteiger partial charge in [-0.25, -0.2) is 0 Å². The van der Waals surface area contributed by atoms with Crippen LogP contribution >= 0.6 is 0 Å². The molecule has 0 amide bonds. The first kappa shape index (κ1) is 15.0.